The van der Waals surface area contributed by atoms with E-state index in [0.717, 1.165) is 35.0 Å². The summed E-state index contributed by atoms with van der Waals surface area (Å²) in [6.07, 6.45) is 0.955. The Hall–Kier alpha value is -1.67. The monoisotopic (exact) mass is 275 g/mol. The number of aryl methyl sites for hydroxylation is 1. The van der Waals surface area contributed by atoms with E-state index in [1.54, 1.807) is 0 Å². The van der Waals surface area contributed by atoms with Gasteiger partial charge in [0.25, 0.3) is 0 Å². The van der Waals surface area contributed by atoms with E-state index >= 15 is 0 Å². The van der Waals surface area contributed by atoms with Gasteiger partial charge in [0.15, 0.2) is 0 Å². The molecule has 100 valence electrons. The molecule has 0 saturated carbocycles. The molecule has 0 bridgehead atoms. The summed E-state index contributed by atoms with van der Waals surface area (Å²) in [5.41, 5.74) is 2.22. The molecule has 3 heteroatoms. The molecule has 0 atom stereocenters. The predicted octanol–water partition coefficient (Wildman–Crippen LogP) is 4.53. The molecule has 0 heterocycles. The van der Waals surface area contributed by atoms with Crippen molar-refractivity contribution in [2.45, 2.75) is 13.3 Å². The summed E-state index contributed by atoms with van der Waals surface area (Å²) in [5.74, 6) is 0.907. The second kappa shape index (κ2) is 7.05. The molecule has 2 aromatic rings. The largest absolute Gasteiger partial charge is 0.493 e. The molecule has 0 spiro atoms. The molecule has 0 aliphatic carbocycles. The van der Waals surface area contributed by atoms with E-state index in [2.05, 4.69) is 17.4 Å². The number of benzene rings is 2. The first-order chi connectivity index (χ1) is 9.25. The fraction of sp³-hybridized carbons (Fsp3) is 0.250. The molecular weight excluding hydrogens is 258 g/mol. The van der Waals surface area contributed by atoms with Gasteiger partial charge < -0.3 is 10.1 Å². The number of rotatable bonds is 6. The van der Waals surface area contributed by atoms with E-state index < -0.39 is 0 Å². The lowest BCUT2D eigenvalue weighted by molar-refractivity contribution is 0.313. The van der Waals surface area contributed by atoms with Gasteiger partial charge in [-0.1, -0.05) is 29.8 Å². The fourth-order valence-corrected chi connectivity index (χ4v) is 2.04. The van der Waals surface area contributed by atoms with Crippen LogP contribution in [0.5, 0.6) is 5.75 Å². The minimum Gasteiger partial charge on any atom is -0.493 e. The molecule has 19 heavy (non-hydrogen) atoms. The van der Waals surface area contributed by atoms with Crippen molar-refractivity contribution in [1.82, 2.24) is 0 Å². The summed E-state index contributed by atoms with van der Waals surface area (Å²) in [6.45, 7) is 3.60. The molecule has 0 aliphatic heterocycles. The van der Waals surface area contributed by atoms with Crippen LogP contribution in [0.15, 0.2) is 48.5 Å². The first-order valence-corrected chi connectivity index (χ1v) is 6.81. The van der Waals surface area contributed by atoms with Crippen LogP contribution in [0.3, 0.4) is 0 Å². The zero-order chi connectivity index (χ0) is 13.5. The van der Waals surface area contributed by atoms with Crippen LogP contribution < -0.4 is 10.1 Å². The molecule has 0 saturated heterocycles. The molecule has 0 radical (unpaired) electrons. The molecule has 0 unspecified atom stereocenters. The van der Waals surface area contributed by atoms with Crippen molar-refractivity contribution in [2.75, 3.05) is 18.5 Å². The highest BCUT2D eigenvalue weighted by atomic mass is 35.5. The number of ether oxygens (including phenoxy) is 1. The number of anilines is 1. The standard InChI is InChI=1S/C16H18ClNO/c1-13-12-14(17)8-9-16(13)19-11-5-10-18-15-6-3-2-4-7-15/h2-4,6-9,12,18H,5,10-11H2,1H3. The smallest absolute Gasteiger partial charge is 0.122 e. The van der Waals surface area contributed by atoms with E-state index in [9.17, 15) is 0 Å². The third-order valence-corrected chi connectivity index (χ3v) is 3.05. The van der Waals surface area contributed by atoms with Gasteiger partial charge >= 0.3 is 0 Å². The first-order valence-electron chi connectivity index (χ1n) is 6.43. The van der Waals surface area contributed by atoms with Gasteiger partial charge in [-0.15, -0.1) is 0 Å². The Morgan fingerprint density at radius 1 is 1.11 bits per heavy atom. The van der Waals surface area contributed by atoms with Crippen molar-refractivity contribution in [3.63, 3.8) is 0 Å². The van der Waals surface area contributed by atoms with Crippen molar-refractivity contribution >= 4 is 17.3 Å². The van der Waals surface area contributed by atoms with E-state index in [1.807, 2.05) is 43.3 Å². The zero-order valence-corrected chi connectivity index (χ0v) is 11.8. The Morgan fingerprint density at radius 3 is 2.63 bits per heavy atom. The SMILES string of the molecule is Cc1cc(Cl)ccc1OCCCNc1ccccc1. The molecule has 1 N–H and O–H groups in total. The van der Waals surface area contributed by atoms with Crippen LogP contribution >= 0.6 is 11.6 Å². The van der Waals surface area contributed by atoms with Gasteiger partial charge in [-0.05, 0) is 49.2 Å². The zero-order valence-electron chi connectivity index (χ0n) is 11.0. The lowest BCUT2D eigenvalue weighted by Gasteiger charge is -2.10. The Balaban J connectivity index is 1.69. The highest BCUT2D eigenvalue weighted by Gasteiger charge is 1.99. The van der Waals surface area contributed by atoms with Crippen molar-refractivity contribution in [2.24, 2.45) is 0 Å². The Morgan fingerprint density at radius 2 is 1.89 bits per heavy atom. The maximum atomic E-state index is 5.90. The predicted molar refractivity (Wildman–Crippen MR) is 81.2 cm³/mol. The number of nitrogens with one attached hydrogen (secondary N) is 1. The van der Waals surface area contributed by atoms with E-state index in [-0.39, 0.29) is 0 Å². The van der Waals surface area contributed by atoms with Gasteiger partial charge in [0.1, 0.15) is 5.75 Å². The van der Waals surface area contributed by atoms with Crippen LogP contribution in [0, 0.1) is 6.92 Å². The number of halogens is 1. The molecule has 0 amide bonds. The van der Waals surface area contributed by atoms with Crippen LogP contribution in [-0.4, -0.2) is 13.2 Å². The average molecular weight is 276 g/mol. The second-order valence-electron chi connectivity index (χ2n) is 4.40. The second-order valence-corrected chi connectivity index (χ2v) is 4.84. The van der Waals surface area contributed by atoms with Gasteiger partial charge in [0.05, 0.1) is 6.61 Å². The summed E-state index contributed by atoms with van der Waals surface area (Å²) < 4.78 is 5.73. The van der Waals surface area contributed by atoms with Crippen LogP contribution in [0.2, 0.25) is 5.02 Å². The maximum Gasteiger partial charge on any atom is 0.122 e. The van der Waals surface area contributed by atoms with E-state index in [0.29, 0.717) is 6.61 Å². The van der Waals surface area contributed by atoms with Crippen LogP contribution in [0.4, 0.5) is 5.69 Å². The molecule has 2 rings (SSSR count). The van der Waals surface area contributed by atoms with Crippen LogP contribution in [-0.2, 0) is 0 Å². The Labute approximate surface area is 119 Å². The lowest BCUT2D eigenvalue weighted by Crippen LogP contribution is -2.07. The highest BCUT2D eigenvalue weighted by molar-refractivity contribution is 6.30. The highest BCUT2D eigenvalue weighted by Crippen LogP contribution is 2.21. The molecule has 0 fully saturated rings. The van der Waals surface area contributed by atoms with Gasteiger partial charge in [0.2, 0.25) is 0 Å². The minimum absolute atomic E-state index is 0.697. The van der Waals surface area contributed by atoms with Crippen molar-refractivity contribution in [3.8, 4) is 5.75 Å². The lowest BCUT2D eigenvalue weighted by atomic mass is 10.2. The van der Waals surface area contributed by atoms with Gasteiger partial charge in [-0.2, -0.15) is 0 Å². The summed E-state index contributed by atoms with van der Waals surface area (Å²) in [7, 11) is 0. The normalized spacial score (nSPS) is 10.2. The van der Waals surface area contributed by atoms with Crippen LogP contribution in [0.25, 0.3) is 0 Å². The molecular formula is C16H18ClNO. The average Bonchev–Trinajstić information content (AvgIpc) is 2.42. The molecule has 2 nitrogen and oxygen atoms in total. The van der Waals surface area contributed by atoms with E-state index in [4.69, 9.17) is 16.3 Å². The van der Waals surface area contributed by atoms with Crippen LogP contribution in [0.1, 0.15) is 12.0 Å². The number of hydrogen-bond donors (Lipinski definition) is 1. The van der Waals surface area contributed by atoms with Crippen molar-refractivity contribution in [3.05, 3.63) is 59.1 Å². The third kappa shape index (κ3) is 4.49. The quantitative estimate of drug-likeness (QED) is 0.782. The van der Waals surface area contributed by atoms with Crippen molar-refractivity contribution < 1.29 is 4.74 Å². The maximum absolute atomic E-state index is 5.90. The summed E-state index contributed by atoms with van der Waals surface area (Å²) in [4.78, 5) is 0. The Kier molecular flexibility index (Phi) is 5.10. The molecule has 2 aromatic carbocycles. The number of hydrogen-bond acceptors (Lipinski definition) is 2. The minimum atomic E-state index is 0.697. The third-order valence-electron chi connectivity index (χ3n) is 2.82. The summed E-state index contributed by atoms with van der Waals surface area (Å²) in [6, 6.07) is 15.9. The summed E-state index contributed by atoms with van der Waals surface area (Å²) >= 11 is 5.90. The summed E-state index contributed by atoms with van der Waals surface area (Å²) in [5, 5.41) is 4.10. The van der Waals surface area contributed by atoms with E-state index in [1.165, 1.54) is 0 Å². The molecule has 0 aromatic heterocycles. The van der Waals surface area contributed by atoms with Gasteiger partial charge in [0, 0.05) is 17.3 Å². The number of para-hydroxylation sites is 1. The van der Waals surface area contributed by atoms with Gasteiger partial charge in [-0.3, -0.25) is 0 Å². The topological polar surface area (TPSA) is 21.3 Å². The first kappa shape index (κ1) is 13.8. The Bertz CT molecular complexity index is 513. The van der Waals surface area contributed by atoms with Crippen molar-refractivity contribution in [1.29, 1.82) is 0 Å². The molecule has 0 aliphatic rings. The fourth-order valence-electron chi connectivity index (χ4n) is 1.82. The van der Waals surface area contributed by atoms with Gasteiger partial charge in [-0.25, -0.2) is 0 Å².